The standard InChI is InChI=1S/C26H36FN3O4S/c1-18(2)28-26(32)21(5)29(17-22-10-12-23(27)13-11-22)25(31)8-7-15-30(35(6,33)34)24-14-9-19(3)20(4)16-24/h9-14,16,18,21H,7-8,15,17H2,1-6H3,(H,28,32)/t21-/m0/s1. The largest absolute Gasteiger partial charge is 0.352 e. The van der Waals surface area contributed by atoms with Gasteiger partial charge in [0.1, 0.15) is 11.9 Å². The monoisotopic (exact) mass is 505 g/mol. The molecule has 0 aliphatic rings. The highest BCUT2D eigenvalue weighted by Crippen LogP contribution is 2.22. The maximum Gasteiger partial charge on any atom is 0.242 e. The summed E-state index contributed by atoms with van der Waals surface area (Å²) < 4.78 is 39.5. The molecule has 0 spiro atoms. The number of sulfonamides is 1. The van der Waals surface area contributed by atoms with E-state index in [4.69, 9.17) is 0 Å². The van der Waals surface area contributed by atoms with Gasteiger partial charge in [-0.3, -0.25) is 13.9 Å². The number of benzene rings is 2. The lowest BCUT2D eigenvalue weighted by Crippen LogP contribution is -2.49. The van der Waals surface area contributed by atoms with E-state index in [9.17, 15) is 22.4 Å². The zero-order chi connectivity index (χ0) is 26.3. The summed E-state index contributed by atoms with van der Waals surface area (Å²) >= 11 is 0. The molecule has 7 nitrogen and oxygen atoms in total. The molecule has 0 unspecified atom stereocenters. The van der Waals surface area contributed by atoms with Crippen LogP contribution in [0.5, 0.6) is 0 Å². The number of anilines is 1. The fourth-order valence-electron chi connectivity index (χ4n) is 3.66. The Balaban J connectivity index is 2.18. The van der Waals surface area contributed by atoms with Gasteiger partial charge in [-0.2, -0.15) is 0 Å². The third-order valence-corrected chi connectivity index (χ3v) is 6.99. The number of carbonyl (C=O) groups is 2. The van der Waals surface area contributed by atoms with Crippen LogP contribution in [0.2, 0.25) is 0 Å². The highest BCUT2D eigenvalue weighted by atomic mass is 32.2. The van der Waals surface area contributed by atoms with Gasteiger partial charge in [-0.1, -0.05) is 18.2 Å². The summed E-state index contributed by atoms with van der Waals surface area (Å²) in [7, 11) is -3.55. The van der Waals surface area contributed by atoms with Gasteiger partial charge < -0.3 is 10.2 Å². The zero-order valence-electron chi connectivity index (χ0n) is 21.3. The van der Waals surface area contributed by atoms with E-state index in [0.717, 1.165) is 17.4 Å². The van der Waals surface area contributed by atoms with Crippen molar-refractivity contribution in [3.8, 4) is 0 Å². The lowest BCUT2D eigenvalue weighted by Gasteiger charge is -2.30. The minimum Gasteiger partial charge on any atom is -0.352 e. The van der Waals surface area contributed by atoms with Gasteiger partial charge >= 0.3 is 0 Å². The first kappa shape index (κ1) is 28.3. The quantitative estimate of drug-likeness (QED) is 0.501. The second kappa shape index (κ2) is 12.2. The predicted molar refractivity (Wildman–Crippen MR) is 137 cm³/mol. The molecule has 35 heavy (non-hydrogen) atoms. The summed E-state index contributed by atoms with van der Waals surface area (Å²) in [5.74, 6) is -0.956. The molecular weight excluding hydrogens is 469 g/mol. The summed E-state index contributed by atoms with van der Waals surface area (Å²) in [4.78, 5) is 27.3. The number of hydrogen-bond acceptors (Lipinski definition) is 4. The van der Waals surface area contributed by atoms with Crippen LogP contribution in [0.25, 0.3) is 0 Å². The fraction of sp³-hybridized carbons (Fsp3) is 0.462. The normalized spacial score (nSPS) is 12.3. The van der Waals surface area contributed by atoms with Gasteiger partial charge in [-0.15, -0.1) is 0 Å². The van der Waals surface area contributed by atoms with Gasteiger partial charge in [0, 0.05) is 25.6 Å². The molecule has 0 saturated heterocycles. The third-order valence-electron chi connectivity index (χ3n) is 5.80. The Morgan fingerprint density at radius 1 is 1.00 bits per heavy atom. The first-order chi connectivity index (χ1) is 16.3. The Labute approximate surface area is 208 Å². The molecule has 0 fully saturated rings. The van der Waals surface area contributed by atoms with Gasteiger partial charge in [0.15, 0.2) is 0 Å². The lowest BCUT2D eigenvalue weighted by molar-refractivity contribution is -0.140. The number of halogens is 1. The van der Waals surface area contributed by atoms with E-state index in [1.54, 1.807) is 25.1 Å². The average molecular weight is 506 g/mol. The summed E-state index contributed by atoms with van der Waals surface area (Å²) in [6.07, 6.45) is 1.47. The van der Waals surface area contributed by atoms with Crippen molar-refractivity contribution in [2.45, 2.75) is 66.1 Å². The van der Waals surface area contributed by atoms with Crippen LogP contribution in [0.15, 0.2) is 42.5 Å². The second-order valence-electron chi connectivity index (χ2n) is 9.19. The van der Waals surface area contributed by atoms with Gasteiger partial charge in [-0.05, 0) is 82.0 Å². The molecule has 2 aromatic carbocycles. The minimum absolute atomic E-state index is 0.0529. The van der Waals surface area contributed by atoms with E-state index in [2.05, 4.69) is 5.32 Å². The van der Waals surface area contributed by atoms with Crippen LogP contribution < -0.4 is 9.62 Å². The maximum atomic E-state index is 13.3. The summed E-state index contributed by atoms with van der Waals surface area (Å²) in [5, 5.41) is 2.82. The van der Waals surface area contributed by atoms with Crippen molar-refractivity contribution in [2.24, 2.45) is 0 Å². The molecule has 192 valence electrons. The molecule has 2 aromatic rings. The van der Waals surface area contributed by atoms with Crippen LogP contribution in [0.4, 0.5) is 10.1 Å². The first-order valence-corrected chi connectivity index (χ1v) is 13.5. The molecule has 0 aromatic heterocycles. The molecule has 0 heterocycles. The van der Waals surface area contributed by atoms with Crippen molar-refractivity contribution < 1.29 is 22.4 Å². The van der Waals surface area contributed by atoms with Gasteiger partial charge in [0.05, 0.1) is 11.9 Å². The number of nitrogens with zero attached hydrogens (tertiary/aromatic N) is 2. The lowest BCUT2D eigenvalue weighted by atomic mass is 10.1. The van der Waals surface area contributed by atoms with Crippen molar-refractivity contribution in [1.29, 1.82) is 0 Å². The predicted octanol–water partition coefficient (Wildman–Crippen LogP) is 3.93. The van der Waals surface area contributed by atoms with Crippen molar-refractivity contribution >= 4 is 27.5 Å². The zero-order valence-corrected chi connectivity index (χ0v) is 22.2. The van der Waals surface area contributed by atoms with Crippen LogP contribution in [0, 0.1) is 19.7 Å². The topological polar surface area (TPSA) is 86.8 Å². The van der Waals surface area contributed by atoms with E-state index in [-0.39, 0.29) is 49.6 Å². The third kappa shape index (κ3) is 8.35. The molecule has 0 aliphatic heterocycles. The Morgan fingerprint density at radius 2 is 1.63 bits per heavy atom. The van der Waals surface area contributed by atoms with Crippen LogP contribution in [-0.2, 0) is 26.2 Å². The van der Waals surface area contributed by atoms with Crippen molar-refractivity contribution in [2.75, 3.05) is 17.1 Å². The van der Waals surface area contributed by atoms with Crippen LogP contribution in [-0.4, -0.2) is 50.0 Å². The fourth-order valence-corrected chi connectivity index (χ4v) is 4.62. The summed E-state index contributed by atoms with van der Waals surface area (Å²) in [6, 6.07) is 10.4. The smallest absolute Gasteiger partial charge is 0.242 e. The van der Waals surface area contributed by atoms with Crippen molar-refractivity contribution in [3.05, 3.63) is 65.0 Å². The molecular formula is C26H36FN3O4S. The molecule has 2 rings (SSSR count). The maximum absolute atomic E-state index is 13.3. The first-order valence-electron chi connectivity index (χ1n) is 11.7. The van der Waals surface area contributed by atoms with Gasteiger partial charge in [-0.25, -0.2) is 12.8 Å². The SMILES string of the molecule is Cc1ccc(N(CCCC(=O)N(Cc2ccc(F)cc2)[C@@H](C)C(=O)NC(C)C)S(C)(=O)=O)cc1C. The van der Waals surface area contributed by atoms with E-state index in [1.807, 2.05) is 39.8 Å². The average Bonchev–Trinajstić information content (AvgIpc) is 2.76. The van der Waals surface area contributed by atoms with Crippen molar-refractivity contribution in [1.82, 2.24) is 10.2 Å². The number of aryl methyl sites for hydroxylation is 2. The molecule has 0 saturated carbocycles. The van der Waals surface area contributed by atoms with Crippen LogP contribution in [0.3, 0.4) is 0 Å². The molecule has 0 bridgehead atoms. The molecule has 9 heteroatoms. The number of carbonyl (C=O) groups excluding carboxylic acids is 2. The Morgan fingerprint density at radius 3 is 2.17 bits per heavy atom. The number of amides is 2. The molecule has 1 atom stereocenters. The Kier molecular flexibility index (Phi) is 9.82. The Bertz CT molecular complexity index is 1130. The van der Waals surface area contributed by atoms with E-state index in [0.29, 0.717) is 11.3 Å². The van der Waals surface area contributed by atoms with E-state index in [1.165, 1.54) is 21.3 Å². The minimum atomic E-state index is -3.55. The summed E-state index contributed by atoms with van der Waals surface area (Å²) in [6.45, 7) is 9.46. The highest BCUT2D eigenvalue weighted by molar-refractivity contribution is 7.92. The molecule has 0 radical (unpaired) electrons. The van der Waals surface area contributed by atoms with E-state index < -0.39 is 16.1 Å². The van der Waals surface area contributed by atoms with E-state index >= 15 is 0 Å². The molecule has 0 aliphatic carbocycles. The van der Waals surface area contributed by atoms with Gasteiger partial charge in [0.2, 0.25) is 21.8 Å². The van der Waals surface area contributed by atoms with Crippen LogP contribution >= 0.6 is 0 Å². The molecule has 2 amide bonds. The van der Waals surface area contributed by atoms with Crippen LogP contribution in [0.1, 0.15) is 50.3 Å². The van der Waals surface area contributed by atoms with Gasteiger partial charge in [0.25, 0.3) is 0 Å². The highest BCUT2D eigenvalue weighted by Gasteiger charge is 2.27. The number of nitrogens with one attached hydrogen (secondary N) is 1. The number of rotatable bonds is 11. The Hall–Kier alpha value is -2.94. The molecule has 1 N–H and O–H groups in total. The second-order valence-corrected chi connectivity index (χ2v) is 11.1. The number of hydrogen-bond donors (Lipinski definition) is 1. The van der Waals surface area contributed by atoms with Crippen molar-refractivity contribution in [3.63, 3.8) is 0 Å². The summed E-state index contributed by atoms with van der Waals surface area (Å²) in [5.41, 5.74) is 3.28.